The first-order valence-electron chi connectivity index (χ1n) is 9.72. The summed E-state index contributed by atoms with van der Waals surface area (Å²) < 4.78 is 27.7. The minimum atomic E-state index is -4.09. The largest absolute Gasteiger partial charge is 0.272 e. The summed E-state index contributed by atoms with van der Waals surface area (Å²) in [7, 11) is -4.09. The Morgan fingerprint density at radius 3 is 2.31 bits per heavy atom. The predicted molar refractivity (Wildman–Crippen MR) is 128 cm³/mol. The Bertz CT molecular complexity index is 1190. The lowest BCUT2D eigenvalue weighted by Gasteiger charge is -2.22. The fraction of sp³-hybridized carbons (Fsp3) is 0.130. The van der Waals surface area contributed by atoms with Crippen LogP contribution in [0, 0.1) is 0 Å². The van der Waals surface area contributed by atoms with Crippen LogP contribution in [0.2, 0.25) is 10.0 Å². The zero-order valence-electron chi connectivity index (χ0n) is 17.0. The van der Waals surface area contributed by atoms with Gasteiger partial charge < -0.3 is 0 Å². The third kappa shape index (κ3) is 6.64. The van der Waals surface area contributed by atoms with Crippen LogP contribution >= 0.6 is 23.2 Å². The molecular formula is C23H21Cl2N3O3S. The third-order valence-corrected chi connectivity index (χ3v) is 7.09. The molecule has 3 aromatic carbocycles. The number of carbonyl (C=O) groups is 1. The maximum absolute atomic E-state index is 13.3. The van der Waals surface area contributed by atoms with E-state index in [2.05, 4.69) is 10.5 Å². The first-order valence-corrected chi connectivity index (χ1v) is 11.9. The highest BCUT2D eigenvalue weighted by Gasteiger charge is 2.28. The maximum atomic E-state index is 13.3. The highest BCUT2D eigenvalue weighted by atomic mass is 35.5. The summed E-state index contributed by atoms with van der Waals surface area (Å²) in [5.74, 6) is -0.577. The van der Waals surface area contributed by atoms with E-state index >= 15 is 0 Å². The van der Waals surface area contributed by atoms with Crippen LogP contribution in [0.25, 0.3) is 0 Å². The van der Waals surface area contributed by atoms with Gasteiger partial charge in [-0.3, -0.25) is 4.79 Å². The van der Waals surface area contributed by atoms with Gasteiger partial charge in [0.25, 0.3) is 5.91 Å². The highest BCUT2D eigenvalue weighted by molar-refractivity contribution is 7.89. The van der Waals surface area contributed by atoms with Crippen molar-refractivity contribution in [2.75, 3.05) is 13.1 Å². The Morgan fingerprint density at radius 1 is 0.969 bits per heavy atom. The maximum Gasteiger partial charge on any atom is 0.255 e. The van der Waals surface area contributed by atoms with Crippen molar-refractivity contribution in [2.45, 2.75) is 11.3 Å². The molecule has 0 heterocycles. The van der Waals surface area contributed by atoms with Gasteiger partial charge in [0.05, 0.1) is 17.8 Å². The second-order valence-electron chi connectivity index (χ2n) is 6.85. The molecule has 0 bridgehead atoms. The van der Waals surface area contributed by atoms with Gasteiger partial charge in [-0.25, -0.2) is 13.8 Å². The van der Waals surface area contributed by atoms with Crippen molar-refractivity contribution in [3.05, 3.63) is 100 Å². The number of carbonyl (C=O) groups excluding carboxylic acids is 1. The van der Waals surface area contributed by atoms with Crippen LogP contribution in [0.1, 0.15) is 11.1 Å². The van der Waals surface area contributed by atoms with E-state index in [1.165, 1.54) is 24.4 Å². The number of nitrogens with zero attached hydrogens (tertiary/aromatic N) is 2. The molecule has 0 atom stereocenters. The lowest BCUT2D eigenvalue weighted by atomic mass is 10.1. The van der Waals surface area contributed by atoms with Gasteiger partial charge in [0.2, 0.25) is 10.0 Å². The molecule has 0 saturated heterocycles. The molecule has 0 radical (unpaired) electrons. The summed E-state index contributed by atoms with van der Waals surface area (Å²) in [4.78, 5) is 12.3. The molecule has 0 unspecified atom stereocenters. The van der Waals surface area contributed by atoms with Crippen molar-refractivity contribution in [3.63, 3.8) is 0 Å². The summed E-state index contributed by atoms with van der Waals surface area (Å²) in [6, 6.07) is 22.8. The summed E-state index contributed by atoms with van der Waals surface area (Å²) in [5.41, 5.74) is 4.11. The second kappa shape index (κ2) is 11.2. The number of hydrazone groups is 1. The van der Waals surface area contributed by atoms with Gasteiger partial charge in [0.1, 0.15) is 4.90 Å². The lowest BCUT2D eigenvalue weighted by Crippen LogP contribution is -2.40. The van der Waals surface area contributed by atoms with Crippen molar-refractivity contribution in [1.29, 1.82) is 0 Å². The van der Waals surface area contributed by atoms with E-state index in [-0.39, 0.29) is 21.5 Å². The van der Waals surface area contributed by atoms with E-state index in [0.29, 0.717) is 6.42 Å². The number of hydrogen-bond donors (Lipinski definition) is 1. The zero-order chi connectivity index (χ0) is 23.0. The smallest absolute Gasteiger partial charge is 0.255 e. The van der Waals surface area contributed by atoms with Crippen LogP contribution in [-0.2, 0) is 21.2 Å². The minimum Gasteiger partial charge on any atom is -0.272 e. The van der Waals surface area contributed by atoms with Crippen molar-refractivity contribution < 1.29 is 13.2 Å². The number of rotatable bonds is 9. The lowest BCUT2D eigenvalue weighted by molar-refractivity contribution is -0.121. The van der Waals surface area contributed by atoms with Crippen molar-refractivity contribution in [1.82, 2.24) is 9.73 Å². The van der Waals surface area contributed by atoms with E-state index < -0.39 is 22.5 Å². The number of halogens is 2. The van der Waals surface area contributed by atoms with Gasteiger partial charge in [-0.05, 0) is 35.7 Å². The molecule has 6 nitrogen and oxygen atoms in total. The van der Waals surface area contributed by atoms with Gasteiger partial charge in [0.15, 0.2) is 0 Å². The van der Waals surface area contributed by atoms with Crippen LogP contribution in [-0.4, -0.2) is 37.9 Å². The first-order chi connectivity index (χ1) is 15.4. The number of benzene rings is 3. The van der Waals surface area contributed by atoms with E-state index in [1.54, 1.807) is 0 Å². The molecule has 0 aliphatic carbocycles. The predicted octanol–water partition coefficient (Wildman–Crippen LogP) is 4.38. The van der Waals surface area contributed by atoms with E-state index in [4.69, 9.17) is 23.2 Å². The number of hydrogen-bond acceptors (Lipinski definition) is 4. The second-order valence-corrected chi connectivity index (χ2v) is 9.60. The molecule has 0 aliphatic rings. The van der Waals surface area contributed by atoms with Crippen LogP contribution in [0.5, 0.6) is 0 Å². The normalized spacial score (nSPS) is 11.7. The summed E-state index contributed by atoms with van der Waals surface area (Å²) in [6.07, 6.45) is 1.90. The Morgan fingerprint density at radius 2 is 1.62 bits per heavy atom. The molecule has 0 saturated carbocycles. The molecule has 0 spiro atoms. The Balaban J connectivity index is 1.79. The van der Waals surface area contributed by atoms with Gasteiger partial charge >= 0.3 is 0 Å². The van der Waals surface area contributed by atoms with Crippen molar-refractivity contribution >= 4 is 45.3 Å². The summed E-state index contributed by atoms with van der Waals surface area (Å²) in [5, 5.41) is 4.16. The Hall–Kier alpha value is -2.71. The average Bonchev–Trinajstić information content (AvgIpc) is 2.79. The fourth-order valence-corrected chi connectivity index (χ4v) is 5.04. The van der Waals surface area contributed by atoms with Gasteiger partial charge in [-0.2, -0.15) is 9.41 Å². The van der Waals surface area contributed by atoms with E-state index in [9.17, 15) is 13.2 Å². The fourth-order valence-electron chi connectivity index (χ4n) is 2.91. The third-order valence-electron chi connectivity index (χ3n) is 4.53. The minimum absolute atomic E-state index is 0.0293. The van der Waals surface area contributed by atoms with E-state index in [0.717, 1.165) is 15.4 Å². The van der Waals surface area contributed by atoms with Crippen molar-refractivity contribution in [3.8, 4) is 0 Å². The first kappa shape index (κ1) is 23.9. The summed E-state index contributed by atoms with van der Waals surface area (Å²) >= 11 is 12.1. The molecule has 3 rings (SSSR count). The monoisotopic (exact) mass is 489 g/mol. The zero-order valence-corrected chi connectivity index (χ0v) is 19.3. The topological polar surface area (TPSA) is 78.8 Å². The molecule has 3 aromatic rings. The molecule has 0 fully saturated rings. The molecule has 9 heteroatoms. The van der Waals surface area contributed by atoms with Crippen LogP contribution in [0.15, 0.2) is 88.9 Å². The molecule has 0 aromatic heterocycles. The SMILES string of the molecule is O=C(CN(CCc1ccccc1)S(=O)(=O)c1cc(Cl)ccc1Cl)N/N=C\c1ccccc1. The molecule has 1 N–H and O–H groups in total. The Labute approximate surface area is 197 Å². The molecule has 166 valence electrons. The molecular weight excluding hydrogens is 469 g/mol. The number of nitrogens with one attached hydrogen (secondary N) is 1. The van der Waals surface area contributed by atoms with E-state index in [1.807, 2.05) is 60.7 Å². The van der Waals surface area contributed by atoms with Crippen LogP contribution in [0.4, 0.5) is 0 Å². The Kier molecular flexibility index (Phi) is 8.41. The highest BCUT2D eigenvalue weighted by Crippen LogP contribution is 2.27. The van der Waals surface area contributed by atoms with Gasteiger partial charge in [-0.1, -0.05) is 83.9 Å². The standard InChI is InChI=1S/C23H21Cl2N3O3S/c24-20-11-12-21(25)22(15-20)32(30,31)28(14-13-18-7-3-1-4-8-18)17-23(29)27-26-16-19-9-5-2-6-10-19/h1-12,15-16H,13-14,17H2,(H,27,29)/b26-16-. The molecule has 1 amide bonds. The summed E-state index contributed by atoms with van der Waals surface area (Å²) in [6.45, 7) is -0.352. The molecule has 32 heavy (non-hydrogen) atoms. The average molecular weight is 490 g/mol. The van der Waals surface area contributed by atoms with Crippen LogP contribution in [0.3, 0.4) is 0 Å². The quantitative estimate of drug-likeness (QED) is 0.357. The number of amides is 1. The molecule has 0 aliphatic heterocycles. The van der Waals surface area contributed by atoms with Gasteiger partial charge in [-0.15, -0.1) is 0 Å². The number of sulfonamides is 1. The van der Waals surface area contributed by atoms with Crippen molar-refractivity contribution in [2.24, 2.45) is 5.10 Å². The van der Waals surface area contributed by atoms with Gasteiger partial charge in [0, 0.05) is 11.6 Å². The van der Waals surface area contributed by atoms with Crippen LogP contribution < -0.4 is 5.43 Å².